The topological polar surface area (TPSA) is 60.0 Å². The molecule has 2 saturated heterocycles. The molecule has 0 aromatic heterocycles. The molecular weight excluding hydrogens is 441 g/mol. The van der Waals surface area contributed by atoms with Crippen LogP contribution in [0, 0.1) is 5.92 Å². The Labute approximate surface area is 176 Å². The molecule has 6 nitrogen and oxygen atoms in total. The number of rotatable bonds is 8. The van der Waals surface area contributed by atoms with E-state index in [1.165, 1.54) is 19.4 Å². The van der Waals surface area contributed by atoms with Crippen molar-refractivity contribution in [1.82, 2.24) is 20.4 Å². The summed E-state index contributed by atoms with van der Waals surface area (Å²) in [5.41, 5.74) is 0. The molecule has 2 rings (SSSR count). The van der Waals surface area contributed by atoms with E-state index in [-0.39, 0.29) is 24.0 Å². The average Bonchev–Trinajstić information content (AvgIpc) is 3.01. The number of aliphatic imine (C=N–C) groups is 1. The lowest BCUT2D eigenvalue weighted by molar-refractivity contribution is -0.127. The number of carbonyl (C=O) groups is 1. The largest absolute Gasteiger partial charge is 0.357 e. The van der Waals surface area contributed by atoms with E-state index < -0.39 is 0 Å². The number of halogens is 1. The van der Waals surface area contributed by atoms with Crippen LogP contribution in [0.3, 0.4) is 0 Å². The number of amides is 1. The third-order valence-corrected chi connectivity index (χ3v) is 5.20. The van der Waals surface area contributed by atoms with Gasteiger partial charge in [-0.3, -0.25) is 9.79 Å². The molecule has 1 atom stereocenters. The Morgan fingerprint density at radius 3 is 2.73 bits per heavy atom. The number of guanidine groups is 1. The molecule has 0 spiro atoms. The van der Waals surface area contributed by atoms with E-state index in [0.717, 1.165) is 64.5 Å². The molecule has 2 heterocycles. The van der Waals surface area contributed by atoms with E-state index in [1.54, 1.807) is 0 Å². The summed E-state index contributed by atoms with van der Waals surface area (Å²) in [4.78, 5) is 21.0. The van der Waals surface area contributed by atoms with Crippen LogP contribution in [0.4, 0.5) is 0 Å². The highest BCUT2D eigenvalue weighted by Crippen LogP contribution is 2.18. The Hall–Kier alpha value is -0.570. The van der Waals surface area contributed by atoms with Crippen LogP contribution in [0.25, 0.3) is 0 Å². The molecule has 1 amide bonds. The van der Waals surface area contributed by atoms with E-state index in [2.05, 4.69) is 36.3 Å². The van der Waals surface area contributed by atoms with E-state index in [9.17, 15) is 4.79 Å². The van der Waals surface area contributed by atoms with Gasteiger partial charge in [0.1, 0.15) is 0 Å². The van der Waals surface area contributed by atoms with Gasteiger partial charge in [-0.05, 0) is 58.9 Å². The van der Waals surface area contributed by atoms with E-state index in [1.807, 2.05) is 4.90 Å². The molecule has 1 unspecified atom stereocenters. The van der Waals surface area contributed by atoms with Crippen molar-refractivity contribution >= 4 is 35.8 Å². The molecule has 0 aromatic carbocycles. The Kier molecular flexibility index (Phi) is 11.5. The van der Waals surface area contributed by atoms with Crippen LogP contribution >= 0.6 is 24.0 Å². The number of likely N-dealkylation sites (tertiary alicyclic amines) is 2. The van der Waals surface area contributed by atoms with E-state index >= 15 is 0 Å². The zero-order valence-electron chi connectivity index (χ0n) is 16.8. The molecule has 2 fully saturated rings. The fourth-order valence-corrected chi connectivity index (χ4v) is 3.69. The molecule has 0 bridgehead atoms. The van der Waals surface area contributed by atoms with Gasteiger partial charge in [-0.15, -0.1) is 24.0 Å². The van der Waals surface area contributed by atoms with E-state index in [0.29, 0.717) is 17.9 Å². The molecule has 2 aliphatic rings. The summed E-state index contributed by atoms with van der Waals surface area (Å²) < 4.78 is 0. The third-order valence-electron chi connectivity index (χ3n) is 5.20. The van der Waals surface area contributed by atoms with Gasteiger partial charge in [-0.2, -0.15) is 0 Å². The van der Waals surface area contributed by atoms with Gasteiger partial charge in [0.2, 0.25) is 5.91 Å². The molecule has 0 radical (unpaired) electrons. The SMILES string of the molecule is CCNC(=NCC1CCCN(C(C)C)C1)NCCCN1CCCC1=O.I. The maximum absolute atomic E-state index is 11.6. The number of nitrogens with one attached hydrogen (secondary N) is 2. The second kappa shape index (κ2) is 12.8. The second-order valence-corrected chi connectivity index (χ2v) is 7.58. The molecule has 152 valence electrons. The number of carbonyl (C=O) groups excluding carboxylic acids is 1. The predicted molar refractivity (Wildman–Crippen MR) is 119 cm³/mol. The normalized spacial score (nSPS) is 21.8. The molecule has 0 aliphatic carbocycles. The molecule has 26 heavy (non-hydrogen) atoms. The Balaban J connectivity index is 0.00000338. The summed E-state index contributed by atoms with van der Waals surface area (Å²) in [5, 5.41) is 6.76. The highest BCUT2D eigenvalue weighted by atomic mass is 127. The maximum Gasteiger partial charge on any atom is 0.222 e. The first kappa shape index (κ1) is 23.5. The van der Waals surface area contributed by atoms with Gasteiger partial charge >= 0.3 is 0 Å². The maximum atomic E-state index is 11.6. The molecule has 0 saturated carbocycles. The van der Waals surface area contributed by atoms with Crippen LogP contribution < -0.4 is 10.6 Å². The van der Waals surface area contributed by atoms with Gasteiger partial charge in [-0.1, -0.05) is 0 Å². The smallest absolute Gasteiger partial charge is 0.222 e. The lowest BCUT2D eigenvalue weighted by atomic mass is 9.97. The van der Waals surface area contributed by atoms with Crippen molar-refractivity contribution in [2.75, 3.05) is 45.8 Å². The van der Waals surface area contributed by atoms with Gasteiger partial charge in [0.15, 0.2) is 5.96 Å². The van der Waals surface area contributed by atoms with Gasteiger partial charge in [0, 0.05) is 51.7 Å². The van der Waals surface area contributed by atoms with Gasteiger partial charge < -0.3 is 20.4 Å². The van der Waals surface area contributed by atoms with Crippen molar-refractivity contribution in [3.8, 4) is 0 Å². The van der Waals surface area contributed by atoms with Crippen LogP contribution in [0.1, 0.15) is 52.9 Å². The molecule has 0 aromatic rings. The van der Waals surface area contributed by atoms with Crippen LogP contribution in [0.5, 0.6) is 0 Å². The van der Waals surface area contributed by atoms with Crippen molar-refractivity contribution in [2.24, 2.45) is 10.9 Å². The number of nitrogens with zero attached hydrogens (tertiary/aromatic N) is 3. The van der Waals surface area contributed by atoms with Crippen molar-refractivity contribution in [1.29, 1.82) is 0 Å². The number of hydrogen-bond acceptors (Lipinski definition) is 3. The summed E-state index contributed by atoms with van der Waals surface area (Å²) in [6, 6.07) is 0.631. The second-order valence-electron chi connectivity index (χ2n) is 7.58. The first-order valence-corrected chi connectivity index (χ1v) is 10.1. The molecule has 2 N–H and O–H groups in total. The summed E-state index contributed by atoms with van der Waals surface area (Å²) in [6.45, 7) is 13.5. The van der Waals surface area contributed by atoms with Crippen LogP contribution in [-0.2, 0) is 4.79 Å². The van der Waals surface area contributed by atoms with Crippen molar-refractivity contribution in [3.05, 3.63) is 0 Å². The quantitative estimate of drug-likeness (QED) is 0.243. The fraction of sp³-hybridized carbons (Fsp3) is 0.895. The summed E-state index contributed by atoms with van der Waals surface area (Å²) in [5.74, 6) is 1.89. The Morgan fingerprint density at radius 1 is 1.27 bits per heavy atom. The monoisotopic (exact) mass is 479 g/mol. The molecule has 2 aliphatic heterocycles. The minimum atomic E-state index is 0. The third kappa shape index (κ3) is 7.98. The summed E-state index contributed by atoms with van der Waals surface area (Å²) in [7, 11) is 0. The lowest BCUT2D eigenvalue weighted by Gasteiger charge is -2.34. The molecular formula is C19H38IN5O. The summed E-state index contributed by atoms with van der Waals surface area (Å²) in [6.07, 6.45) is 5.29. The Bertz CT molecular complexity index is 444. The number of hydrogen-bond donors (Lipinski definition) is 2. The van der Waals surface area contributed by atoms with Crippen LogP contribution in [-0.4, -0.2) is 73.5 Å². The van der Waals surface area contributed by atoms with Gasteiger partial charge in [0.05, 0.1) is 0 Å². The van der Waals surface area contributed by atoms with Crippen LogP contribution in [0.2, 0.25) is 0 Å². The first-order valence-electron chi connectivity index (χ1n) is 10.1. The lowest BCUT2D eigenvalue weighted by Crippen LogP contribution is -2.42. The minimum Gasteiger partial charge on any atom is -0.357 e. The summed E-state index contributed by atoms with van der Waals surface area (Å²) >= 11 is 0. The van der Waals surface area contributed by atoms with E-state index in [4.69, 9.17) is 4.99 Å². The first-order chi connectivity index (χ1) is 12.1. The standard InChI is InChI=1S/C19H37N5O.HI/c1-4-20-19(21-10-7-13-23-11-6-9-18(23)25)22-14-17-8-5-12-24(15-17)16(2)3;/h16-17H,4-15H2,1-3H3,(H2,20,21,22);1H. The fourth-order valence-electron chi connectivity index (χ4n) is 3.69. The van der Waals surface area contributed by atoms with Gasteiger partial charge in [-0.25, -0.2) is 0 Å². The van der Waals surface area contributed by atoms with Gasteiger partial charge in [0.25, 0.3) is 0 Å². The predicted octanol–water partition coefficient (Wildman–Crippen LogP) is 2.29. The molecule has 7 heteroatoms. The minimum absolute atomic E-state index is 0. The highest BCUT2D eigenvalue weighted by molar-refractivity contribution is 14.0. The zero-order valence-corrected chi connectivity index (χ0v) is 19.1. The van der Waals surface area contributed by atoms with Crippen LogP contribution in [0.15, 0.2) is 4.99 Å². The van der Waals surface area contributed by atoms with Crippen molar-refractivity contribution < 1.29 is 4.79 Å². The van der Waals surface area contributed by atoms with Crippen molar-refractivity contribution in [3.63, 3.8) is 0 Å². The number of piperidine rings is 1. The zero-order chi connectivity index (χ0) is 18.1. The highest BCUT2D eigenvalue weighted by Gasteiger charge is 2.21. The van der Waals surface area contributed by atoms with Crippen molar-refractivity contribution in [2.45, 2.75) is 58.9 Å². The Morgan fingerprint density at radius 2 is 2.08 bits per heavy atom. The average molecular weight is 479 g/mol.